The van der Waals surface area contributed by atoms with Crippen LogP contribution in [0.5, 0.6) is 11.5 Å². The second-order valence-corrected chi connectivity index (χ2v) is 5.40. The highest BCUT2D eigenvalue weighted by Crippen LogP contribution is 2.32. The summed E-state index contributed by atoms with van der Waals surface area (Å²) in [6, 6.07) is 11.0. The van der Waals surface area contributed by atoms with Crippen LogP contribution < -0.4 is 14.8 Å². The molecule has 0 aliphatic heterocycles. The van der Waals surface area contributed by atoms with Crippen LogP contribution in [0, 0.1) is 0 Å². The lowest BCUT2D eigenvalue weighted by Crippen LogP contribution is -2.27. The lowest BCUT2D eigenvalue weighted by Gasteiger charge is -2.17. The van der Waals surface area contributed by atoms with E-state index in [4.69, 9.17) is 16.3 Å². The molecule has 0 saturated carbocycles. The third kappa shape index (κ3) is 4.35. The largest absolute Gasteiger partial charge is 0.493 e. The molecule has 0 saturated heterocycles. The van der Waals surface area contributed by atoms with E-state index < -0.39 is 12.5 Å². The Hall–Kier alpha value is -2.34. The number of carbonyl (C=O) groups excluding carboxylic acids is 1. The summed E-state index contributed by atoms with van der Waals surface area (Å²) in [5.74, 6) is -0.804. The predicted molar refractivity (Wildman–Crippen MR) is 87.0 cm³/mol. The van der Waals surface area contributed by atoms with Crippen molar-refractivity contribution in [1.82, 2.24) is 5.32 Å². The first-order valence-electron chi connectivity index (χ1n) is 7.10. The molecule has 4 nitrogen and oxygen atoms in total. The molecule has 128 valence electrons. The summed E-state index contributed by atoms with van der Waals surface area (Å²) < 4.78 is 34.7. The van der Waals surface area contributed by atoms with Crippen molar-refractivity contribution >= 4 is 17.5 Å². The van der Waals surface area contributed by atoms with Crippen LogP contribution >= 0.6 is 11.6 Å². The van der Waals surface area contributed by atoms with Gasteiger partial charge >= 0.3 is 6.61 Å². The van der Waals surface area contributed by atoms with E-state index in [0.29, 0.717) is 5.02 Å². The normalized spacial score (nSPS) is 11.9. The molecule has 0 heterocycles. The first-order chi connectivity index (χ1) is 11.4. The van der Waals surface area contributed by atoms with E-state index in [2.05, 4.69) is 10.1 Å². The van der Waals surface area contributed by atoms with Crippen LogP contribution in [-0.2, 0) is 0 Å². The number of amides is 1. The lowest BCUT2D eigenvalue weighted by molar-refractivity contribution is -0.0515. The van der Waals surface area contributed by atoms with Crippen LogP contribution in [0.4, 0.5) is 8.78 Å². The van der Waals surface area contributed by atoms with E-state index >= 15 is 0 Å². The van der Waals surface area contributed by atoms with Gasteiger partial charge < -0.3 is 14.8 Å². The van der Waals surface area contributed by atoms with E-state index in [9.17, 15) is 13.6 Å². The second-order valence-electron chi connectivity index (χ2n) is 4.97. The summed E-state index contributed by atoms with van der Waals surface area (Å²) in [4.78, 5) is 12.5. The highest BCUT2D eigenvalue weighted by molar-refractivity contribution is 6.30. The number of alkyl halides is 2. The average molecular weight is 356 g/mol. The third-order valence-electron chi connectivity index (χ3n) is 3.35. The van der Waals surface area contributed by atoms with Gasteiger partial charge in [-0.15, -0.1) is 0 Å². The zero-order valence-electron chi connectivity index (χ0n) is 13.1. The van der Waals surface area contributed by atoms with Crippen LogP contribution in [0.25, 0.3) is 0 Å². The molecular weight excluding hydrogens is 340 g/mol. The van der Waals surface area contributed by atoms with Gasteiger partial charge in [0.1, 0.15) is 0 Å². The van der Waals surface area contributed by atoms with Gasteiger partial charge in [-0.1, -0.05) is 29.8 Å². The molecule has 2 aromatic carbocycles. The summed E-state index contributed by atoms with van der Waals surface area (Å²) in [6.45, 7) is -1.31. The fraction of sp³-hybridized carbons (Fsp3) is 0.235. The topological polar surface area (TPSA) is 47.6 Å². The Kier molecular flexibility index (Phi) is 5.98. The van der Waals surface area contributed by atoms with Crippen molar-refractivity contribution in [3.63, 3.8) is 0 Å². The Bertz CT molecular complexity index is 725. The van der Waals surface area contributed by atoms with Crippen molar-refractivity contribution in [2.45, 2.75) is 19.6 Å². The van der Waals surface area contributed by atoms with E-state index in [1.807, 2.05) is 0 Å². The van der Waals surface area contributed by atoms with Gasteiger partial charge in [0.25, 0.3) is 5.91 Å². The van der Waals surface area contributed by atoms with Gasteiger partial charge in [0.05, 0.1) is 18.7 Å². The Morgan fingerprint density at radius 3 is 2.54 bits per heavy atom. The van der Waals surface area contributed by atoms with Crippen LogP contribution in [-0.4, -0.2) is 19.6 Å². The SMILES string of the molecule is COc1cccc(C(=O)NC(C)c2cccc(Cl)c2)c1OC(F)F. The zero-order valence-corrected chi connectivity index (χ0v) is 13.8. The molecule has 0 aliphatic rings. The second kappa shape index (κ2) is 7.97. The van der Waals surface area contributed by atoms with Crippen LogP contribution in [0.3, 0.4) is 0 Å². The van der Waals surface area contributed by atoms with Crippen molar-refractivity contribution in [3.05, 3.63) is 58.6 Å². The average Bonchev–Trinajstić information content (AvgIpc) is 2.54. The number of carbonyl (C=O) groups is 1. The van der Waals surface area contributed by atoms with Gasteiger partial charge in [-0.05, 0) is 36.8 Å². The van der Waals surface area contributed by atoms with Crippen LogP contribution in [0.15, 0.2) is 42.5 Å². The molecule has 2 aromatic rings. The van der Waals surface area contributed by atoms with Gasteiger partial charge in [0.2, 0.25) is 0 Å². The van der Waals surface area contributed by atoms with Crippen LogP contribution in [0.1, 0.15) is 28.9 Å². The smallest absolute Gasteiger partial charge is 0.387 e. The molecule has 0 aromatic heterocycles. The molecular formula is C17H16ClF2NO3. The summed E-state index contributed by atoms with van der Waals surface area (Å²) >= 11 is 5.93. The fourth-order valence-corrected chi connectivity index (χ4v) is 2.40. The molecule has 0 radical (unpaired) electrons. The number of halogens is 3. The van der Waals surface area contributed by atoms with Gasteiger partial charge in [-0.2, -0.15) is 8.78 Å². The summed E-state index contributed by atoms with van der Waals surface area (Å²) in [5.41, 5.74) is 0.749. The molecule has 1 N–H and O–H groups in total. The van der Waals surface area contributed by atoms with Crippen molar-refractivity contribution in [3.8, 4) is 11.5 Å². The van der Waals surface area contributed by atoms with Crippen molar-refractivity contribution < 1.29 is 23.0 Å². The standard InChI is InChI=1S/C17H16ClF2NO3/c1-10(11-5-3-6-12(18)9-11)21-16(22)13-7-4-8-14(23-2)15(13)24-17(19)20/h3-10,17H,1-2H3,(H,21,22). The quantitative estimate of drug-likeness (QED) is 0.833. The van der Waals surface area contributed by atoms with Gasteiger partial charge in [-0.25, -0.2) is 0 Å². The molecule has 0 spiro atoms. The minimum Gasteiger partial charge on any atom is -0.493 e. The Labute approximate surface area is 143 Å². The van der Waals surface area contributed by atoms with E-state index in [1.165, 1.54) is 25.3 Å². The maximum Gasteiger partial charge on any atom is 0.387 e. The Morgan fingerprint density at radius 1 is 1.21 bits per heavy atom. The molecule has 0 fully saturated rings. The molecule has 1 atom stereocenters. The minimum atomic E-state index is -3.07. The van der Waals surface area contributed by atoms with Crippen molar-refractivity contribution in [2.24, 2.45) is 0 Å². The van der Waals surface area contributed by atoms with Gasteiger partial charge in [0, 0.05) is 5.02 Å². The number of para-hydroxylation sites is 1. The third-order valence-corrected chi connectivity index (χ3v) is 3.58. The summed E-state index contributed by atoms with van der Waals surface area (Å²) in [6.07, 6.45) is 0. The van der Waals surface area contributed by atoms with Crippen LogP contribution in [0.2, 0.25) is 5.02 Å². The number of methoxy groups -OCH3 is 1. The summed E-state index contributed by atoms with van der Waals surface area (Å²) in [7, 11) is 1.31. The van der Waals surface area contributed by atoms with E-state index in [-0.39, 0.29) is 23.1 Å². The van der Waals surface area contributed by atoms with Crippen molar-refractivity contribution in [1.29, 1.82) is 0 Å². The number of nitrogens with one attached hydrogen (secondary N) is 1. The first kappa shape index (κ1) is 18.0. The molecule has 0 aliphatic carbocycles. The van der Waals surface area contributed by atoms with E-state index in [0.717, 1.165) is 5.56 Å². The molecule has 2 rings (SSSR count). The maximum atomic E-state index is 12.6. The predicted octanol–water partition coefficient (Wildman–Crippen LogP) is 4.44. The Balaban J connectivity index is 2.26. The highest BCUT2D eigenvalue weighted by Gasteiger charge is 2.21. The molecule has 1 unspecified atom stereocenters. The molecule has 7 heteroatoms. The van der Waals surface area contributed by atoms with Crippen molar-refractivity contribution in [2.75, 3.05) is 7.11 Å². The number of benzene rings is 2. The molecule has 0 bridgehead atoms. The lowest BCUT2D eigenvalue weighted by atomic mass is 10.1. The summed E-state index contributed by atoms with van der Waals surface area (Å²) in [5, 5.41) is 3.27. The molecule has 24 heavy (non-hydrogen) atoms. The van der Waals surface area contributed by atoms with Gasteiger partial charge in [0.15, 0.2) is 11.5 Å². The minimum absolute atomic E-state index is 0.0384. The van der Waals surface area contributed by atoms with E-state index in [1.54, 1.807) is 31.2 Å². The number of hydrogen-bond donors (Lipinski definition) is 1. The Morgan fingerprint density at radius 2 is 1.92 bits per heavy atom. The zero-order chi connectivity index (χ0) is 17.7. The number of hydrogen-bond acceptors (Lipinski definition) is 3. The number of ether oxygens (including phenoxy) is 2. The maximum absolute atomic E-state index is 12.6. The fourth-order valence-electron chi connectivity index (χ4n) is 2.20. The molecule has 1 amide bonds. The number of rotatable bonds is 6. The highest BCUT2D eigenvalue weighted by atomic mass is 35.5. The van der Waals surface area contributed by atoms with Gasteiger partial charge in [-0.3, -0.25) is 4.79 Å². The first-order valence-corrected chi connectivity index (χ1v) is 7.48. The monoisotopic (exact) mass is 355 g/mol.